The van der Waals surface area contributed by atoms with Crippen molar-refractivity contribution in [3.05, 3.63) is 46.6 Å². The Morgan fingerprint density at radius 2 is 1.90 bits per heavy atom. The third-order valence-corrected chi connectivity index (χ3v) is 6.75. The number of carbonyl (C=O) groups is 1. The second kappa shape index (κ2) is 8.85. The molecule has 3 heterocycles. The molecular formula is C25H35N5O. The Hall–Kier alpha value is -2.63. The molecule has 0 N–H and O–H groups in total. The molecule has 6 heteroatoms. The molecular weight excluding hydrogens is 386 g/mol. The number of rotatable bonds is 4. The normalized spacial score (nSPS) is 17.1. The van der Waals surface area contributed by atoms with Crippen molar-refractivity contribution in [2.45, 2.75) is 59.5 Å². The van der Waals surface area contributed by atoms with Gasteiger partial charge in [-0.05, 0) is 51.7 Å². The molecule has 31 heavy (non-hydrogen) atoms. The molecule has 0 saturated carbocycles. The van der Waals surface area contributed by atoms with Crippen molar-refractivity contribution < 1.29 is 4.79 Å². The van der Waals surface area contributed by atoms with Crippen molar-refractivity contribution in [1.29, 1.82) is 0 Å². The Morgan fingerprint density at radius 1 is 1.16 bits per heavy atom. The molecule has 0 aliphatic carbocycles. The molecule has 2 aliphatic heterocycles. The van der Waals surface area contributed by atoms with Crippen LogP contribution in [0.5, 0.6) is 0 Å². The number of aromatic nitrogens is 2. The maximum atomic E-state index is 13.2. The van der Waals surface area contributed by atoms with E-state index in [-0.39, 0.29) is 5.91 Å². The largest absolute Gasteiger partial charge is 0.357 e. The van der Waals surface area contributed by atoms with Gasteiger partial charge < -0.3 is 14.7 Å². The predicted octanol–water partition coefficient (Wildman–Crippen LogP) is 4.06. The van der Waals surface area contributed by atoms with E-state index >= 15 is 0 Å². The highest BCUT2D eigenvalue weighted by Crippen LogP contribution is 2.31. The van der Waals surface area contributed by atoms with Crippen molar-refractivity contribution in [3.63, 3.8) is 0 Å². The van der Waals surface area contributed by atoms with Crippen LogP contribution in [-0.4, -0.2) is 53.5 Å². The van der Waals surface area contributed by atoms with E-state index in [9.17, 15) is 4.79 Å². The first kappa shape index (κ1) is 21.6. The van der Waals surface area contributed by atoms with Gasteiger partial charge in [0.05, 0.1) is 12.2 Å². The molecule has 1 aromatic carbocycles. The number of hydrogen-bond acceptors (Lipinski definition) is 5. The minimum Gasteiger partial charge on any atom is -0.357 e. The summed E-state index contributed by atoms with van der Waals surface area (Å²) in [6.45, 7) is 12.0. The topological polar surface area (TPSA) is 52.6 Å². The predicted molar refractivity (Wildman–Crippen MR) is 126 cm³/mol. The van der Waals surface area contributed by atoms with Gasteiger partial charge in [0.2, 0.25) is 5.95 Å². The number of fused-ring (bicyclic) bond motifs is 1. The number of hydrogen-bond donors (Lipinski definition) is 0. The molecule has 4 rings (SSSR count). The number of benzene rings is 1. The molecule has 0 radical (unpaired) electrons. The standard InChI is InChI=1S/C25H35N5O/c1-17(2)28(5)23-21-16-30(24(31)20-8-6-7-19(4)15-20)14-11-22(21)26-25(27-23)29-12-9-18(3)10-13-29/h6-8,15,17-18H,9-14,16H2,1-5H3. The van der Waals surface area contributed by atoms with Crippen LogP contribution in [0.2, 0.25) is 0 Å². The van der Waals surface area contributed by atoms with E-state index in [0.717, 1.165) is 59.6 Å². The Morgan fingerprint density at radius 3 is 2.58 bits per heavy atom. The first-order chi connectivity index (χ1) is 14.8. The molecule has 1 fully saturated rings. The highest BCUT2D eigenvalue weighted by Gasteiger charge is 2.29. The first-order valence-corrected chi connectivity index (χ1v) is 11.6. The van der Waals surface area contributed by atoms with Gasteiger partial charge in [0.25, 0.3) is 5.91 Å². The fourth-order valence-corrected chi connectivity index (χ4v) is 4.40. The second-order valence-electron chi connectivity index (χ2n) is 9.49. The quantitative estimate of drug-likeness (QED) is 0.745. The van der Waals surface area contributed by atoms with E-state index < -0.39 is 0 Å². The summed E-state index contributed by atoms with van der Waals surface area (Å²) in [5.74, 6) is 2.68. The van der Waals surface area contributed by atoms with Crippen LogP contribution in [-0.2, 0) is 13.0 Å². The van der Waals surface area contributed by atoms with Crippen LogP contribution in [0.4, 0.5) is 11.8 Å². The van der Waals surface area contributed by atoms with E-state index in [2.05, 4.69) is 37.6 Å². The lowest BCUT2D eigenvalue weighted by Gasteiger charge is -2.35. The number of amides is 1. The lowest BCUT2D eigenvalue weighted by molar-refractivity contribution is 0.0733. The van der Waals surface area contributed by atoms with Crippen LogP contribution >= 0.6 is 0 Å². The highest BCUT2D eigenvalue weighted by molar-refractivity contribution is 5.94. The fraction of sp³-hybridized carbons (Fsp3) is 0.560. The van der Waals surface area contributed by atoms with E-state index in [0.29, 0.717) is 19.1 Å². The van der Waals surface area contributed by atoms with E-state index in [1.165, 1.54) is 12.8 Å². The van der Waals surface area contributed by atoms with Gasteiger partial charge in [-0.25, -0.2) is 4.98 Å². The molecule has 1 aromatic heterocycles. The summed E-state index contributed by atoms with van der Waals surface area (Å²) in [6, 6.07) is 8.16. The third kappa shape index (κ3) is 4.53. The smallest absolute Gasteiger partial charge is 0.254 e. The van der Waals surface area contributed by atoms with Crippen LogP contribution < -0.4 is 9.80 Å². The molecule has 2 aliphatic rings. The minimum atomic E-state index is 0.0848. The van der Waals surface area contributed by atoms with Gasteiger partial charge >= 0.3 is 0 Å². The van der Waals surface area contributed by atoms with Crippen LogP contribution in [0.15, 0.2) is 24.3 Å². The zero-order chi connectivity index (χ0) is 22.1. The van der Waals surface area contributed by atoms with Gasteiger partial charge in [-0.1, -0.05) is 24.6 Å². The summed E-state index contributed by atoms with van der Waals surface area (Å²) in [7, 11) is 2.09. The first-order valence-electron chi connectivity index (χ1n) is 11.6. The van der Waals surface area contributed by atoms with Gasteiger partial charge in [-0.2, -0.15) is 4.98 Å². The van der Waals surface area contributed by atoms with Crippen molar-refractivity contribution in [2.24, 2.45) is 5.92 Å². The Bertz CT molecular complexity index is 949. The molecule has 2 aromatic rings. The summed E-state index contributed by atoms with van der Waals surface area (Å²) in [6.07, 6.45) is 3.15. The van der Waals surface area contributed by atoms with Crippen molar-refractivity contribution in [2.75, 3.05) is 36.5 Å². The number of carbonyl (C=O) groups excluding carboxylic acids is 1. The van der Waals surface area contributed by atoms with E-state index in [1.807, 2.05) is 36.1 Å². The second-order valence-corrected chi connectivity index (χ2v) is 9.49. The number of aryl methyl sites for hydroxylation is 1. The maximum absolute atomic E-state index is 13.2. The van der Waals surface area contributed by atoms with Gasteiger partial charge in [-0.3, -0.25) is 4.79 Å². The van der Waals surface area contributed by atoms with Crippen molar-refractivity contribution >= 4 is 17.7 Å². The molecule has 6 nitrogen and oxygen atoms in total. The zero-order valence-electron chi connectivity index (χ0n) is 19.6. The molecule has 1 amide bonds. The Balaban J connectivity index is 1.66. The number of nitrogens with zero attached hydrogens (tertiary/aromatic N) is 5. The summed E-state index contributed by atoms with van der Waals surface area (Å²) in [5.41, 5.74) is 4.05. The van der Waals surface area contributed by atoms with Gasteiger partial charge in [0.1, 0.15) is 5.82 Å². The summed E-state index contributed by atoms with van der Waals surface area (Å²) < 4.78 is 0. The van der Waals surface area contributed by atoms with Crippen LogP contribution in [0, 0.1) is 12.8 Å². The van der Waals surface area contributed by atoms with Crippen LogP contribution in [0.25, 0.3) is 0 Å². The minimum absolute atomic E-state index is 0.0848. The molecule has 0 bridgehead atoms. The summed E-state index contributed by atoms with van der Waals surface area (Å²) >= 11 is 0. The summed E-state index contributed by atoms with van der Waals surface area (Å²) in [4.78, 5) is 29.7. The van der Waals surface area contributed by atoms with Crippen molar-refractivity contribution in [3.8, 4) is 0 Å². The maximum Gasteiger partial charge on any atom is 0.254 e. The van der Waals surface area contributed by atoms with Crippen LogP contribution in [0.3, 0.4) is 0 Å². The van der Waals surface area contributed by atoms with Crippen molar-refractivity contribution in [1.82, 2.24) is 14.9 Å². The summed E-state index contributed by atoms with van der Waals surface area (Å²) in [5, 5.41) is 0. The van der Waals surface area contributed by atoms with Gasteiger partial charge in [0.15, 0.2) is 0 Å². The number of anilines is 2. The van der Waals surface area contributed by atoms with E-state index in [4.69, 9.17) is 9.97 Å². The molecule has 0 atom stereocenters. The monoisotopic (exact) mass is 421 g/mol. The van der Waals surface area contributed by atoms with Gasteiger partial charge in [0, 0.05) is 50.3 Å². The Labute approximate surface area is 186 Å². The van der Waals surface area contributed by atoms with E-state index in [1.54, 1.807) is 0 Å². The average Bonchev–Trinajstić information content (AvgIpc) is 2.77. The SMILES string of the molecule is Cc1cccc(C(=O)N2CCc3nc(N4CCC(C)CC4)nc(N(C)C(C)C)c3C2)c1. The molecule has 0 unspecified atom stereocenters. The lowest BCUT2D eigenvalue weighted by Crippen LogP contribution is -2.40. The third-order valence-electron chi connectivity index (χ3n) is 6.75. The number of piperidine rings is 1. The van der Waals surface area contributed by atoms with Crippen LogP contribution in [0.1, 0.15) is 60.8 Å². The molecule has 1 saturated heterocycles. The fourth-order valence-electron chi connectivity index (χ4n) is 4.40. The Kier molecular flexibility index (Phi) is 6.17. The lowest BCUT2D eigenvalue weighted by atomic mass is 9.99. The van der Waals surface area contributed by atoms with Gasteiger partial charge in [-0.15, -0.1) is 0 Å². The molecule has 166 valence electrons. The average molecular weight is 422 g/mol. The highest BCUT2D eigenvalue weighted by atomic mass is 16.2. The zero-order valence-corrected chi connectivity index (χ0v) is 19.6. The molecule has 0 spiro atoms.